The van der Waals surface area contributed by atoms with Crippen LogP contribution in [0.25, 0.3) is 22.3 Å². The van der Waals surface area contributed by atoms with Crippen LogP contribution in [-0.2, 0) is 14.3 Å². The average molecular weight is 566 g/mol. The first kappa shape index (κ1) is 26.7. The van der Waals surface area contributed by atoms with Crippen LogP contribution in [0, 0.1) is 0 Å². The number of fused-ring (bicyclic) bond motifs is 6. The largest absolute Gasteiger partial charge is 0.480 e. The zero-order chi connectivity index (χ0) is 28.5. The molecule has 2 aliphatic carbocycles. The predicted octanol–water partition coefficient (Wildman–Crippen LogP) is 6.57. The molecule has 0 bridgehead atoms. The number of rotatable bonds is 7. The minimum atomic E-state index is -1.57. The summed E-state index contributed by atoms with van der Waals surface area (Å²) in [6.45, 7) is -0.141. The van der Waals surface area contributed by atoms with Crippen LogP contribution in [-0.4, -0.2) is 53.2 Å². The lowest BCUT2D eigenvalue weighted by atomic mass is 9.98. The SMILES string of the molecule is O=C(O)[C@H](CS)N(C(=O)OCC1c2ccccc2-c2ccccc21)C(=O)OCC1c2ccccc2-c2ccccc21. The lowest BCUT2D eigenvalue weighted by Gasteiger charge is -2.26. The number of amides is 2. The van der Waals surface area contributed by atoms with E-state index in [2.05, 4.69) is 12.6 Å². The Morgan fingerprint density at radius 3 is 1.24 bits per heavy atom. The van der Waals surface area contributed by atoms with E-state index in [1.165, 1.54) is 0 Å². The molecule has 4 aromatic rings. The molecule has 1 atom stereocenters. The Balaban J connectivity index is 1.21. The zero-order valence-corrected chi connectivity index (χ0v) is 22.9. The topological polar surface area (TPSA) is 93.1 Å². The molecule has 0 spiro atoms. The van der Waals surface area contributed by atoms with Gasteiger partial charge in [-0.1, -0.05) is 97.1 Å². The Labute approximate surface area is 242 Å². The van der Waals surface area contributed by atoms with Gasteiger partial charge in [0.1, 0.15) is 13.2 Å². The lowest BCUT2D eigenvalue weighted by molar-refractivity contribution is -0.141. The molecule has 0 saturated heterocycles. The van der Waals surface area contributed by atoms with E-state index in [1.54, 1.807) is 0 Å². The Morgan fingerprint density at radius 2 is 0.951 bits per heavy atom. The molecule has 0 radical (unpaired) electrons. The standard InChI is InChI=1S/C33H27NO6S/c35-31(36)30(19-41)34(32(37)39-17-28-24-13-5-1-9-20(24)21-10-2-6-14-25(21)28)33(38)40-18-29-26-15-7-3-11-22(26)23-12-4-8-16-27(23)29/h1-16,28-30,41H,17-19H2,(H,35,36)/t30-/m0/s1. The Hall–Kier alpha value is -4.56. The summed E-state index contributed by atoms with van der Waals surface area (Å²) in [6, 6.07) is 29.9. The molecule has 0 aromatic heterocycles. The third-order valence-electron chi connectivity index (χ3n) is 7.84. The van der Waals surface area contributed by atoms with Crippen molar-refractivity contribution in [3.8, 4) is 22.3 Å². The molecule has 8 heteroatoms. The van der Waals surface area contributed by atoms with Gasteiger partial charge in [-0.3, -0.25) is 0 Å². The molecule has 41 heavy (non-hydrogen) atoms. The van der Waals surface area contributed by atoms with E-state index in [9.17, 15) is 19.5 Å². The first-order valence-corrected chi connectivity index (χ1v) is 14.0. The number of carboxylic acid groups (broad SMARTS) is 1. The van der Waals surface area contributed by atoms with Crippen LogP contribution in [0.15, 0.2) is 97.1 Å². The van der Waals surface area contributed by atoms with Crippen molar-refractivity contribution in [2.75, 3.05) is 19.0 Å². The quantitative estimate of drug-likeness (QED) is 0.246. The maximum Gasteiger partial charge on any atom is 0.420 e. The molecule has 0 heterocycles. The number of aliphatic carboxylic acids is 1. The molecule has 1 N–H and O–H groups in total. The molecule has 4 aromatic carbocycles. The van der Waals surface area contributed by atoms with E-state index in [4.69, 9.17) is 9.47 Å². The number of carbonyl (C=O) groups is 3. The van der Waals surface area contributed by atoms with Gasteiger partial charge < -0.3 is 14.6 Å². The molecule has 0 aliphatic heterocycles. The second-order valence-corrected chi connectivity index (χ2v) is 10.4. The second kappa shape index (κ2) is 11.1. The number of imide groups is 1. The monoisotopic (exact) mass is 565 g/mol. The molecule has 0 unspecified atom stereocenters. The van der Waals surface area contributed by atoms with Crippen LogP contribution in [0.5, 0.6) is 0 Å². The Bertz CT molecular complexity index is 1450. The maximum absolute atomic E-state index is 13.4. The summed E-state index contributed by atoms with van der Waals surface area (Å²) in [5.74, 6) is -2.20. The van der Waals surface area contributed by atoms with Gasteiger partial charge >= 0.3 is 18.2 Å². The number of thiol groups is 1. The van der Waals surface area contributed by atoms with Crippen LogP contribution < -0.4 is 0 Å². The summed E-state index contributed by atoms with van der Waals surface area (Å²) in [7, 11) is 0. The van der Waals surface area contributed by atoms with Crippen molar-refractivity contribution in [1.29, 1.82) is 0 Å². The minimum absolute atomic E-state index is 0.0705. The van der Waals surface area contributed by atoms with Crippen molar-refractivity contribution in [2.45, 2.75) is 17.9 Å². The molecule has 0 saturated carbocycles. The van der Waals surface area contributed by atoms with Crippen LogP contribution in [0.3, 0.4) is 0 Å². The molecular weight excluding hydrogens is 538 g/mol. The highest BCUT2D eigenvalue weighted by Gasteiger charge is 2.39. The van der Waals surface area contributed by atoms with Gasteiger partial charge in [0.05, 0.1) is 0 Å². The average Bonchev–Trinajstić information content (AvgIpc) is 3.49. The number of hydrogen-bond donors (Lipinski definition) is 2. The Morgan fingerprint density at radius 1 is 0.634 bits per heavy atom. The van der Waals surface area contributed by atoms with E-state index in [0.29, 0.717) is 4.90 Å². The van der Waals surface area contributed by atoms with Crippen molar-refractivity contribution in [2.24, 2.45) is 0 Å². The summed E-state index contributed by atoms with van der Waals surface area (Å²) in [6.07, 6.45) is -2.18. The Kier molecular flexibility index (Phi) is 7.24. The van der Waals surface area contributed by atoms with Crippen LogP contribution in [0.4, 0.5) is 9.59 Å². The number of nitrogens with zero attached hydrogens (tertiary/aromatic N) is 1. The van der Waals surface area contributed by atoms with Crippen molar-refractivity contribution in [1.82, 2.24) is 4.90 Å². The number of carboxylic acids is 1. The van der Waals surface area contributed by atoms with Gasteiger partial charge in [0.25, 0.3) is 0 Å². The normalized spacial score (nSPS) is 13.9. The van der Waals surface area contributed by atoms with Crippen LogP contribution >= 0.6 is 12.6 Å². The highest BCUT2D eigenvalue weighted by atomic mass is 32.1. The molecule has 206 valence electrons. The fourth-order valence-electron chi connectivity index (χ4n) is 5.93. The summed E-state index contributed by atoms with van der Waals surface area (Å²) in [5.41, 5.74) is 8.20. The van der Waals surface area contributed by atoms with Gasteiger partial charge in [-0.15, -0.1) is 0 Å². The summed E-state index contributed by atoms with van der Waals surface area (Å²) in [4.78, 5) is 39.3. The smallest absolute Gasteiger partial charge is 0.420 e. The van der Waals surface area contributed by atoms with Gasteiger partial charge in [-0.2, -0.15) is 17.5 Å². The van der Waals surface area contributed by atoms with E-state index >= 15 is 0 Å². The van der Waals surface area contributed by atoms with Crippen molar-refractivity contribution in [3.05, 3.63) is 119 Å². The third-order valence-corrected chi connectivity index (χ3v) is 8.18. The zero-order valence-electron chi connectivity index (χ0n) is 22.0. The van der Waals surface area contributed by atoms with Gasteiger partial charge in [0.2, 0.25) is 0 Å². The van der Waals surface area contributed by atoms with Crippen molar-refractivity contribution >= 4 is 30.8 Å². The fraction of sp³-hybridized carbons (Fsp3) is 0.182. The van der Waals surface area contributed by atoms with Gasteiger partial charge in [-0.25, -0.2) is 14.4 Å². The number of carbonyl (C=O) groups excluding carboxylic acids is 2. The summed E-state index contributed by atoms with van der Waals surface area (Å²) < 4.78 is 11.3. The molecule has 2 amide bonds. The van der Waals surface area contributed by atoms with Crippen LogP contribution in [0.2, 0.25) is 0 Å². The van der Waals surface area contributed by atoms with Crippen molar-refractivity contribution < 1.29 is 29.0 Å². The maximum atomic E-state index is 13.4. The predicted molar refractivity (Wildman–Crippen MR) is 157 cm³/mol. The highest BCUT2D eigenvalue weighted by Crippen LogP contribution is 2.45. The lowest BCUT2D eigenvalue weighted by Crippen LogP contribution is -2.50. The molecule has 2 aliphatic rings. The molecule has 0 fully saturated rings. The van der Waals surface area contributed by atoms with Gasteiger partial charge in [-0.05, 0) is 44.5 Å². The first-order valence-electron chi connectivity index (χ1n) is 13.3. The molecule has 7 nitrogen and oxygen atoms in total. The third kappa shape index (κ3) is 4.74. The van der Waals surface area contributed by atoms with E-state index < -0.39 is 24.2 Å². The second-order valence-electron chi connectivity index (χ2n) is 10.0. The van der Waals surface area contributed by atoms with Gasteiger partial charge in [0, 0.05) is 17.6 Å². The summed E-state index contributed by atoms with van der Waals surface area (Å²) >= 11 is 4.11. The molecular formula is C33H27NO6S. The highest BCUT2D eigenvalue weighted by molar-refractivity contribution is 7.80. The number of hydrogen-bond acceptors (Lipinski definition) is 6. The van der Waals surface area contributed by atoms with Crippen LogP contribution in [0.1, 0.15) is 34.1 Å². The van der Waals surface area contributed by atoms with E-state index in [-0.39, 0.29) is 30.8 Å². The number of ether oxygens (including phenoxy) is 2. The first-order chi connectivity index (χ1) is 20.0. The van der Waals surface area contributed by atoms with E-state index in [1.807, 2.05) is 97.1 Å². The minimum Gasteiger partial charge on any atom is -0.480 e. The van der Waals surface area contributed by atoms with E-state index in [0.717, 1.165) is 44.5 Å². The summed E-state index contributed by atoms with van der Waals surface area (Å²) in [5, 5.41) is 9.82. The van der Waals surface area contributed by atoms with Crippen molar-refractivity contribution in [3.63, 3.8) is 0 Å². The molecule has 6 rings (SSSR count). The van der Waals surface area contributed by atoms with Gasteiger partial charge in [0.15, 0.2) is 6.04 Å². The number of benzene rings is 4. The fourth-order valence-corrected chi connectivity index (χ4v) is 6.25.